The standard InChI is InChI=1S/C14H17FN2O3/c1-8(18)12-9(15)5-4-6-10(12)17-7-11(19)16-13(20)14(17,2)3/h4-6,8,18H,7H2,1-3H3,(H,16,19,20)/t8-/m0/s1. The van der Waals surface area contributed by atoms with Gasteiger partial charge >= 0.3 is 0 Å². The first-order valence-electron chi connectivity index (χ1n) is 6.33. The Morgan fingerprint density at radius 1 is 1.40 bits per heavy atom. The molecule has 1 heterocycles. The Balaban J connectivity index is 2.57. The zero-order valence-electron chi connectivity index (χ0n) is 11.6. The molecule has 0 unspecified atom stereocenters. The molecule has 0 aliphatic carbocycles. The molecular formula is C14H17FN2O3. The molecule has 1 aromatic rings. The second-order valence-electron chi connectivity index (χ2n) is 5.37. The molecule has 1 atom stereocenters. The van der Waals surface area contributed by atoms with E-state index in [1.807, 2.05) is 0 Å². The Hall–Kier alpha value is -1.95. The summed E-state index contributed by atoms with van der Waals surface area (Å²) in [6.07, 6.45) is -1.04. The van der Waals surface area contributed by atoms with Crippen molar-refractivity contribution in [3.05, 3.63) is 29.6 Å². The van der Waals surface area contributed by atoms with Crippen molar-refractivity contribution in [2.24, 2.45) is 0 Å². The Labute approximate surface area is 116 Å². The number of piperazine rings is 1. The fourth-order valence-electron chi connectivity index (χ4n) is 2.34. The lowest BCUT2D eigenvalue weighted by Crippen LogP contribution is -2.64. The molecule has 108 valence electrons. The lowest BCUT2D eigenvalue weighted by Gasteiger charge is -2.42. The normalized spacial score (nSPS) is 19.8. The minimum absolute atomic E-state index is 0.0675. The van der Waals surface area contributed by atoms with Crippen molar-refractivity contribution in [2.45, 2.75) is 32.4 Å². The molecule has 1 aromatic carbocycles. The van der Waals surface area contributed by atoms with E-state index in [4.69, 9.17) is 0 Å². The first kappa shape index (κ1) is 14.5. The lowest BCUT2D eigenvalue weighted by atomic mass is 9.95. The van der Waals surface area contributed by atoms with Crippen molar-refractivity contribution in [3.8, 4) is 0 Å². The highest BCUT2D eigenvalue weighted by Crippen LogP contribution is 2.34. The van der Waals surface area contributed by atoms with Gasteiger partial charge in [-0.05, 0) is 32.9 Å². The van der Waals surface area contributed by atoms with Crippen molar-refractivity contribution in [2.75, 3.05) is 11.4 Å². The average Bonchev–Trinajstić information content (AvgIpc) is 2.33. The number of halogens is 1. The van der Waals surface area contributed by atoms with Crippen LogP contribution in [0.4, 0.5) is 10.1 Å². The number of rotatable bonds is 2. The number of hydrogen-bond acceptors (Lipinski definition) is 4. The number of imide groups is 1. The molecule has 0 aromatic heterocycles. The smallest absolute Gasteiger partial charge is 0.251 e. The number of amides is 2. The lowest BCUT2D eigenvalue weighted by molar-refractivity contribution is -0.135. The van der Waals surface area contributed by atoms with Crippen LogP contribution in [0.15, 0.2) is 18.2 Å². The topological polar surface area (TPSA) is 69.6 Å². The molecule has 6 heteroatoms. The van der Waals surface area contributed by atoms with Gasteiger partial charge in [0.2, 0.25) is 5.91 Å². The van der Waals surface area contributed by atoms with Crippen LogP contribution >= 0.6 is 0 Å². The highest BCUT2D eigenvalue weighted by molar-refractivity contribution is 6.06. The Bertz CT molecular complexity index is 570. The summed E-state index contributed by atoms with van der Waals surface area (Å²) in [5, 5.41) is 12.0. The highest BCUT2D eigenvalue weighted by atomic mass is 19.1. The Morgan fingerprint density at radius 2 is 2.05 bits per heavy atom. The quantitative estimate of drug-likeness (QED) is 0.797. The summed E-state index contributed by atoms with van der Waals surface area (Å²) in [6.45, 7) is 4.67. The van der Waals surface area contributed by atoms with Gasteiger partial charge in [0.25, 0.3) is 5.91 Å². The highest BCUT2D eigenvalue weighted by Gasteiger charge is 2.42. The van der Waals surface area contributed by atoms with Crippen LogP contribution in [-0.4, -0.2) is 29.0 Å². The van der Waals surface area contributed by atoms with E-state index >= 15 is 0 Å². The van der Waals surface area contributed by atoms with E-state index in [2.05, 4.69) is 5.32 Å². The number of carbonyl (C=O) groups excluding carboxylic acids is 2. The number of anilines is 1. The number of benzene rings is 1. The zero-order valence-corrected chi connectivity index (χ0v) is 11.6. The van der Waals surface area contributed by atoms with E-state index in [1.54, 1.807) is 19.9 Å². The summed E-state index contributed by atoms with van der Waals surface area (Å²) in [5.41, 5.74) is -0.568. The molecule has 0 radical (unpaired) electrons. The third-order valence-electron chi connectivity index (χ3n) is 3.52. The third-order valence-corrected chi connectivity index (χ3v) is 3.52. The van der Waals surface area contributed by atoms with Crippen molar-refractivity contribution in [1.82, 2.24) is 5.32 Å². The summed E-state index contributed by atoms with van der Waals surface area (Å²) >= 11 is 0. The van der Waals surface area contributed by atoms with E-state index in [9.17, 15) is 19.1 Å². The van der Waals surface area contributed by atoms with Gasteiger partial charge < -0.3 is 10.0 Å². The number of nitrogens with zero attached hydrogens (tertiary/aromatic N) is 1. The zero-order chi connectivity index (χ0) is 15.1. The summed E-state index contributed by atoms with van der Waals surface area (Å²) in [5.74, 6) is -1.46. The molecule has 1 saturated heterocycles. The van der Waals surface area contributed by atoms with Crippen LogP contribution in [0.5, 0.6) is 0 Å². The maximum Gasteiger partial charge on any atom is 0.251 e. The van der Waals surface area contributed by atoms with Crippen LogP contribution in [0.2, 0.25) is 0 Å². The molecule has 0 spiro atoms. The SMILES string of the molecule is C[C@H](O)c1c(F)cccc1N1CC(=O)NC(=O)C1(C)C. The number of nitrogens with one attached hydrogen (secondary N) is 1. The summed E-state index contributed by atoms with van der Waals surface area (Å²) in [7, 11) is 0. The maximum atomic E-state index is 13.9. The molecule has 20 heavy (non-hydrogen) atoms. The van der Waals surface area contributed by atoms with Gasteiger partial charge in [-0.25, -0.2) is 4.39 Å². The second kappa shape index (κ2) is 4.86. The largest absolute Gasteiger partial charge is 0.389 e. The summed E-state index contributed by atoms with van der Waals surface area (Å²) in [4.78, 5) is 25.0. The van der Waals surface area contributed by atoms with Gasteiger partial charge in [-0.3, -0.25) is 14.9 Å². The van der Waals surface area contributed by atoms with Gasteiger partial charge in [0.05, 0.1) is 12.6 Å². The molecule has 1 fully saturated rings. The first-order chi connectivity index (χ1) is 9.25. The molecule has 1 aliphatic heterocycles. The summed E-state index contributed by atoms with van der Waals surface area (Å²) in [6, 6.07) is 4.33. The number of aliphatic hydroxyl groups excluding tert-OH is 1. The second-order valence-corrected chi connectivity index (χ2v) is 5.37. The fraction of sp³-hybridized carbons (Fsp3) is 0.429. The number of aliphatic hydroxyl groups is 1. The van der Waals surface area contributed by atoms with Crippen molar-refractivity contribution in [3.63, 3.8) is 0 Å². The van der Waals surface area contributed by atoms with Crippen LogP contribution in [-0.2, 0) is 9.59 Å². The molecule has 2 rings (SSSR count). The first-order valence-corrected chi connectivity index (χ1v) is 6.33. The van der Waals surface area contributed by atoms with E-state index in [1.165, 1.54) is 24.0 Å². The number of carbonyl (C=O) groups is 2. The van der Waals surface area contributed by atoms with Gasteiger partial charge in [0, 0.05) is 11.3 Å². The summed E-state index contributed by atoms with van der Waals surface area (Å²) < 4.78 is 13.9. The van der Waals surface area contributed by atoms with Gasteiger partial charge in [0.15, 0.2) is 0 Å². The minimum Gasteiger partial charge on any atom is -0.389 e. The molecule has 2 N–H and O–H groups in total. The van der Waals surface area contributed by atoms with Crippen LogP contribution in [0, 0.1) is 5.82 Å². The van der Waals surface area contributed by atoms with Crippen molar-refractivity contribution in [1.29, 1.82) is 0 Å². The van der Waals surface area contributed by atoms with Crippen LogP contribution in [0.1, 0.15) is 32.4 Å². The van der Waals surface area contributed by atoms with E-state index < -0.39 is 29.3 Å². The molecular weight excluding hydrogens is 263 g/mol. The van der Waals surface area contributed by atoms with Crippen molar-refractivity contribution >= 4 is 17.5 Å². The fourth-order valence-corrected chi connectivity index (χ4v) is 2.34. The van der Waals surface area contributed by atoms with Crippen LogP contribution in [0.3, 0.4) is 0 Å². The van der Waals surface area contributed by atoms with Gasteiger partial charge in [0.1, 0.15) is 11.4 Å². The van der Waals surface area contributed by atoms with Crippen LogP contribution < -0.4 is 10.2 Å². The predicted octanol–water partition coefficient (Wildman–Crippen LogP) is 1.12. The molecule has 1 aliphatic rings. The minimum atomic E-state index is -1.04. The monoisotopic (exact) mass is 280 g/mol. The van der Waals surface area contributed by atoms with Gasteiger partial charge in [-0.2, -0.15) is 0 Å². The molecule has 2 amide bonds. The third kappa shape index (κ3) is 2.27. The average molecular weight is 280 g/mol. The molecule has 0 saturated carbocycles. The maximum absolute atomic E-state index is 13.9. The van der Waals surface area contributed by atoms with Gasteiger partial charge in [-0.1, -0.05) is 6.07 Å². The van der Waals surface area contributed by atoms with E-state index in [0.717, 1.165) is 0 Å². The molecule has 5 nitrogen and oxygen atoms in total. The number of hydrogen-bond donors (Lipinski definition) is 2. The van der Waals surface area contributed by atoms with Crippen LogP contribution in [0.25, 0.3) is 0 Å². The molecule has 0 bridgehead atoms. The van der Waals surface area contributed by atoms with Crippen molar-refractivity contribution < 1.29 is 19.1 Å². The van der Waals surface area contributed by atoms with E-state index in [-0.39, 0.29) is 12.1 Å². The van der Waals surface area contributed by atoms with E-state index in [0.29, 0.717) is 5.69 Å². The Kier molecular flexibility index (Phi) is 3.52. The Morgan fingerprint density at radius 3 is 2.65 bits per heavy atom. The predicted molar refractivity (Wildman–Crippen MR) is 71.6 cm³/mol. The van der Waals surface area contributed by atoms with Gasteiger partial charge in [-0.15, -0.1) is 0 Å².